The Bertz CT molecular complexity index is 232. The van der Waals surface area contributed by atoms with E-state index < -0.39 is 0 Å². The summed E-state index contributed by atoms with van der Waals surface area (Å²) in [7, 11) is 0. The van der Waals surface area contributed by atoms with Crippen molar-refractivity contribution >= 4 is 0 Å². The van der Waals surface area contributed by atoms with Gasteiger partial charge in [-0.2, -0.15) is 0 Å². The van der Waals surface area contributed by atoms with Crippen molar-refractivity contribution in [2.45, 2.75) is 103 Å². The molecule has 0 aromatic carbocycles. The first-order valence-electron chi connectivity index (χ1n) is 9.34. The van der Waals surface area contributed by atoms with Crippen LogP contribution in [0.15, 0.2) is 24.8 Å². The highest BCUT2D eigenvalue weighted by atomic mass is 14.6. The minimum absolute atomic E-state index is 0.457. The quantitative estimate of drug-likeness (QED) is 0.254. The average molecular weight is 294 g/mol. The number of unbranched alkanes of at least 4 members (excludes halogenated alkanes) is 10. The molecule has 0 aliphatic carbocycles. The molecule has 0 radical (unpaired) electrons. The molecule has 124 valence electrons. The van der Waals surface area contributed by atoms with Crippen LogP contribution in [0.2, 0.25) is 0 Å². The largest absolute Gasteiger partial charge is 0.328 e. The Hall–Kier alpha value is -0.560. The smallest absolute Gasteiger partial charge is 0.00388 e. The fraction of sp³-hybridized carbons (Fsp3) is 0.800. The van der Waals surface area contributed by atoms with E-state index in [9.17, 15) is 0 Å². The van der Waals surface area contributed by atoms with Crippen LogP contribution in [-0.2, 0) is 0 Å². The van der Waals surface area contributed by atoms with E-state index in [1.54, 1.807) is 0 Å². The van der Waals surface area contributed by atoms with Crippen LogP contribution in [0.5, 0.6) is 0 Å². The van der Waals surface area contributed by atoms with E-state index in [-0.39, 0.29) is 0 Å². The first-order chi connectivity index (χ1) is 10.3. The van der Waals surface area contributed by atoms with Gasteiger partial charge in [0.15, 0.2) is 0 Å². The van der Waals surface area contributed by atoms with Gasteiger partial charge < -0.3 is 5.73 Å². The molecular formula is C20H39N. The van der Waals surface area contributed by atoms with Gasteiger partial charge in [-0.05, 0) is 25.7 Å². The molecule has 0 aromatic rings. The van der Waals surface area contributed by atoms with Crippen molar-refractivity contribution in [1.82, 2.24) is 0 Å². The van der Waals surface area contributed by atoms with E-state index >= 15 is 0 Å². The number of hydrogen-bond acceptors (Lipinski definition) is 1. The maximum Gasteiger partial charge on any atom is 0.00388 e. The molecular weight excluding hydrogens is 254 g/mol. The Kier molecular flexibility index (Phi) is 17.0. The lowest BCUT2D eigenvalue weighted by Gasteiger charge is -2.11. The molecule has 1 atom stereocenters. The lowest BCUT2D eigenvalue weighted by atomic mass is 10.0. The van der Waals surface area contributed by atoms with Gasteiger partial charge in [0.05, 0.1) is 0 Å². The minimum atomic E-state index is 0.457. The second-order valence-corrected chi connectivity index (χ2v) is 6.33. The molecule has 1 unspecified atom stereocenters. The Labute approximate surface area is 134 Å². The minimum Gasteiger partial charge on any atom is -0.328 e. The lowest BCUT2D eigenvalue weighted by Crippen LogP contribution is -2.19. The van der Waals surface area contributed by atoms with Gasteiger partial charge in [0.2, 0.25) is 0 Å². The summed E-state index contributed by atoms with van der Waals surface area (Å²) in [6, 6.07) is 0.457. The Balaban J connectivity index is 3.13. The molecule has 0 aliphatic rings. The van der Waals surface area contributed by atoms with E-state index in [4.69, 9.17) is 5.73 Å². The molecule has 0 amide bonds. The standard InChI is InChI=1S/C20H39N/c1-3-5-7-9-10-11-12-13-14-15-17-19-20(21)18-16-8-6-4-2/h3,5,7,20H,1,4,6,8-19,21H2,2H3/b7-5-. The van der Waals surface area contributed by atoms with E-state index in [0.717, 1.165) is 0 Å². The van der Waals surface area contributed by atoms with Crippen molar-refractivity contribution in [3.05, 3.63) is 24.8 Å². The monoisotopic (exact) mass is 293 g/mol. The third-order valence-electron chi connectivity index (χ3n) is 4.15. The molecule has 0 aromatic heterocycles. The van der Waals surface area contributed by atoms with Crippen molar-refractivity contribution in [2.24, 2.45) is 5.73 Å². The predicted octanol–water partition coefficient (Wildman–Crippen LogP) is 6.54. The first kappa shape index (κ1) is 20.4. The summed E-state index contributed by atoms with van der Waals surface area (Å²) in [5.41, 5.74) is 6.16. The maximum atomic E-state index is 6.16. The van der Waals surface area contributed by atoms with Gasteiger partial charge in [0.1, 0.15) is 0 Å². The van der Waals surface area contributed by atoms with Crippen LogP contribution in [0.3, 0.4) is 0 Å². The molecule has 21 heavy (non-hydrogen) atoms. The van der Waals surface area contributed by atoms with Gasteiger partial charge in [-0.1, -0.05) is 95.9 Å². The van der Waals surface area contributed by atoms with Crippen molar-refractivity contribution in [3.63, 3.8) is 0 Å². The fourth-order valence-electron chi connectivity index (χ4n) is 2.72. The molecule has 1 heteroatoms. The third kappa shape index (κ3) is 17.4. The molecule has 0 aliphatic heterocycles. The van der Waals surface area contributed by atoms with Crippen LogP contribution in [-0.4, -0.2) is 6.04 Å². The van der Waals surface area contributed by atoms with Gasteiger partial charge in [0, 0.05) is 6.04 Å². The molecule has 0 bridgehead atoms. The molecule has 1 nitrogen and oxygen atoms in total. The maximum absolute atomic E-state index is 6.16. The second kappa shape index (κ2) is 17.5. The lowest BCUT2D eigenvalue weighted by molar-refractivity contribution is 0.486. The van der Waals surface area contributed by atoms with Crippen LogP contribution in [0.1, 0.15) is 96.8 Å². The highest BCUT2D eigenvalue weighted by molar-refractivity contribution is 4.96. The zero-order valence-corrected chi connectivity index (χ0v) is 14.5. The molecule has 0 saturated carbocycles. The van der Waals surface area contributed by atoms with Crippen LogP contribution < -0.4 is 5.73 Å². The molecule has 0 saturated heterocycles. The van der Waals surface area contributed by atoms with Crippen molar-refractivity contribution in [1.29, 1.82) is 0 Å². The number of allylic oxidation sites excluding steroid dienone is 3. The summed E-state index contributed by atoms with van der Waals surface area (Å²) >= 11 is 0. The van der Waals surface area contributed by atoms with E-state index in [2.05, 4.69) is 19.6 Å². The molecule has 2 N–H and O–H groups in total. The van der Waals surface area contributed by atoms with E-state index in [1.807, 2.05) is 12.2 Å². The topological polar surface area (TPSA) is 26.0 Å². The summed E-state index contributed by atoms with van der Waals surface area (Å²) < 4.78 is 0. The van der Waals surface area contributed by atoms with Crippen LogP contribution in [0.25, 0.3) is 0 Å². The summed E-state index contributed by atoms with van der Waals surface area (Å²) in [6.07, 6.45) is 24.8. The molecule has 0 spiro atoms. The van der Waals surface area contributed by atoms with Gasteiger partial charge >= 0.3 is 0 Å². The number of hydrogen-bond donors (Lipinski definition) is 1. The highest BCUT2D eigenvalue weighted by Gasteiger charge is 2.01. The van der Waals surface area contributed by atoms with Gasteiger partial charge in [-0.25, -0.2) is 0 Å². The van der Waals surface area contributed by atoms with Crippen molar-refractivity contribution in [2.75, 3.05) is 0 Å². The van der Waals surface area contributed by atoms with Crippen molar-refractivity contribution in [3.8, 4) is 0 Å². The zero-order chi connectivity index (χ0) is 15.6. The van der Waals surface area contributed by atoms with E-state index in [0.29, 0.717) is 6.04 Å². The molecule has 0 rings (SSSR count). The summed E-state index contributed by atoms with van der Waals surface area (Å²) in [5, 5.41) is 0. The van der Waals surface area contributed by atoms with Crippen LogP contribution in [0.4, 0.5) is 0 Å². The Morgan fingerprint density at radius 2 is 1.33 bits per heavy atom. The van der Waals surface area contributed by atoms with Gasteiger partial charge in [-0.3, -0.25) is 0 Å². The van der Waals surface area contributed by atoms with Gasteiger partial charge in [-0.15, -0.1) is 0 Å². The van der Waals surface area contributed by atoms with Crippen LogP contribution in [0, 0.1) is 0 Å². The fourth-order valence-corrected chi connectivity index (χ4v) is 2.72. The zero-order valence-electron chi connectivity index (χ0n) is 14.5. The molecule has 0 fully saturated rings. The van der Waals surface area contributed by atoms with Crippen molar-refractivity contribution < 1.29 is 0 Å². The average Bonchev–Trinajstić information content (AvgIpc) is 2.49. The highest BCUT2D eigenvalue weighted by Crippen LogP contribution is 2.13. The predicted molar refractivity (Wildman–Crippen MR) is 97.6 cm³/mol. The summed E-state index contributed by atoms with van der Waals surface area (Å²) in [5.74, 6) is 0. The second-order valence-electron chi connectivity index (χ2n) is 6.33. The number of nitrogens with two attached hydrogens (primary N) is 1. The Morgan fingerprint density at radius 1 is 0.810 bits per heavy atom. The summed E-state index contributed by atoms with van der Waals surface area (Å²) in [4.78, 5) is 0. The SMILES string of the molecule is C=C/C=C\CCCCCCCCCC(N)CCCCCC. The first-order valence-corrected chi connectivity index (χ1v) is 9.34. The number of rotatable bonds is 16. The molecule has 0 heterocycles. The summed E-state index contributed by atoms with van der Waals surface area (Å²) in [6.45, 7) is 5.94. The van der Waals surface area contributed by atoms with E-state index in [1.165, 1.54) is 89.9 Å². The van der Waals surface area contributed by atoms with Crippen LogP contribution >= 0.6 is 0 Å². The van der Waals surface area contributed by atoms with Gasteiger partial charge in [0.25, 0.3) is 0 Å². The Morgan fingerprint density at radius 3 is 1.90 bits per heavy atom. The normalized spacial score (nSPS) is 12.9. The third-order valence-corrected chi connectivity index (χ3v) is 4.15.